The molecule has 0 saturated heterocycles. The summed E-state index contributed by atoms with van der Waals surface area (Å²) in [4.78, 5) is 8.58. The molecule has 5 heteroatoms. The van der Waals surface area contributed by atoms with Crippen LogP contribution in [0.4, 0.5) is 10.3 Å². The lowest BCUT2D eigenvalue weighted by Gasteiger charge is -1.94. The van der Waals surface area contributed by atoms with Gasteiger partial charge < -0.3 is 5.32 Å². The van der Waals surface area contributed by atoms with Gasteiger partial charge >= 0.3 is 0 Å². The molecule has 2 rings (SSSR count). The van der Waals surface area contributed by atoms with Crippen LogP contribution in [0.2, 0.25) is 0 Å². The van der Waals surface area contributed by atoms with E-state index < -0.39 is 0 Å². The van der Waals surface area contributed by atoms with Gasteiger partial charge in [-0.15, -0.1) is 22.7 Å². The second-order valence-corrected chi connectivity index (χ2v) is 4.43. The van der Waals surface area contributed by atoms with Crippen LogP contribution in [0, 0.1) is 13.8 Å². The molecule has 13 heavy (non-hydrogen) atoms. The Hall–Kier alpha value is -0.940. The minimum absolute atomic E-state index is 0.909. The lowest BCUT2D eigenvalue weighted by atomic mass is 10.6. The largest absolute Gasteiger partial charge is 0.307 e. The summed E-state index contributed by atoms with van der Waals surface area (Å²) in [7, 11) is 0. The molecule has 0 aliphatic rings. The number of aryl methyl sites for hydroxylation is 2. The molecule has 0 unspecified atom stereocenters. The van der Waals surface area contributed by atoms with Crippen molar-refractivity contribution < 1.29 is 0 Å². The highest BCUT2D eigenvalue weighted by atomic mass is 32.1. The molecule has 2 aromatic rings. The summed E-state index contributed by atoms with van der Waals surface area (Å²) < 4.78 is 0. The van der Waals surface area contributed by atoms with Gasteiger partial charge in [0.05, 0.1) is 11.4 Å². The zero-order valence-electron chi connectivity index (χ0n) is 7.37. The molecule has 0 aliphatic heterocycles. The summed E-state index contributed by atoms with van der Waals surface area (Å²) in [5.41, 5.74) is 2.08. The molecule has 0 aliphatic carbocycles. The number of thiazole rings is 2. The fourth-order valence-corrected chi connectivity index (χ4v) is 2.35. The van der Waals surface area contributed by atoms with Crippen LogP contribution in [0.25, 0.3) is 0 Å². The smallest absolute Gasteiger partial charge is 0.189 e. The average molecular weight is 211 g/mol. The van der Waals surface area contributed by atoms with Crippen LogP contribution >= 0.6 is 22.7 Å². The first kappa shape index (κ1) is 8.65. The highest BCUT2D eigenvalue weighted by molar-refractivity contribution is 7.16. The average Bonchev–Trinajstić information content (AvgIpc) is 2.62. The molecule has 2 heterocycles. The van der Waals surface area contributed by atoms with Crippen LogP contribution in [-0.4, -0.2) is 9.97 Å². The Labute approximate surface area is 84.5 Å². The van der Waals surface area contributed by atoms with Crippen molar-refractivity contribution in [3.63, 3.8) is 0 Å². The number of rotatable bonds is 2. The zero-order valence-corrected chi connectivity index (χ0v) is 9.00. The first-order chi connectivity index (χ1) is 6.24. The van der Waals surface area contributed by atoms with Crippen molar-refractivity contribution in [2.45, 2.75) is 13.8 Å². The molecule has 0 atom stereocenters. The van der Waals surface area contributed by atoms with Crippen molar-refractivity contribution in [1.29, 1.82) is 0 Å². The highest BCUT2D eigenvalue weighted by Crippen LogP contribution is 2.22. The Kier molecular flexibility index (Phi) is 2.28. The molecule has 3 nitrogen and oxygen atoms in total. The van der Waals surface area contributed by atoms with Gasteiger partial charge in [-0.3, -0.25) is 0 Å². The van der Waals surface area contributed by atoms with E-state index in [1.165, 1.54) is 0 Å². The molecule has 2 aromatic heterocycles. The van der Waals surface area contributed by atoms with E-state index in [9.17, 15) is 0 Å². The maximum absolute atomic E-state index is 4.29. The fourth-order valence-electron chi connectivity index (χ4n) is 0.914. The van der Waals surface area contributed by atoms with Gasteiger partial charge in [-0.1, -0.05) is 0 Å². The number of aromatic nitrogens is 2. The van der Waals surface area contributed by atoms with Crippen LogP contribution in [-0.2, 0) is 0 Å². The molecule has 0 fully saturated rings. The Bertz CT molecular complexity index is 367. The number of anilines is 2. The summed E-state index contributed by atoms with van der Waals surface area (Å²) in [6.07, 6.45) is 0. The van der Waals surface area contributed by atoms with Crippen molar-refractivity contribution >= 4 is 32.9 Å². The molecule has 0 amide bonds. The Morgan fingerprint density at radius 1 is 1.00 bits per heavy atom. The van der Waals surface area contributed by atoms with Gasteiger partial charge in [-0.05, 0) is 13.8 Å². The minimum Gasteiger partial charge on any atom is -0.307 e. The van der Waals surface area contributed by atoms with Crippen LogP contribution < -0.4 is 5.32 Å². The number of nitrogens with one attached hydrogen (secondary N) is 1. The molecule has 0 radical (unpaired) electrons. The van der Waals surface area contributed by atoms with Gasteiger partial charge in [0.1, 0.15) is 0 Å². The summed E-state index contributed by atoms with van der Waals surface area (Å²) in [6.45, 7) is 3.96. The van der Waals surface area contributed by atoms with Gasteiger partial charge in [-0.25, -0.2) is 9.97 Å². The molecular formula is C8H9N3S2. The van der Waals surface area contributed by atoms with E-state index in [4.69, 9.17) is 0 Å². The SMILES string of the molecule is Cc1csc(Nc2nc(C)cs2)n1. The molecule has 0 aromatic carbocycles. The number of hydrogen-bond acceptors (Lipinski definition) is 5. The first-order valence-corrected chi connectivity index (χ1v) is 5.61. The van der Waals surface area contributed by atoms with E-state index in [2.05, 4.69) is 15.3 Å². The summed E-state index contributed by atoms with van der Waals surface area (Å²) in [5, 5.41) is 9.01. The molecule has 0 bridgehead atoms. The molecule has 1 N–H and O–H groups in total. The molecule has 0 spiro atoms. The third-order valence-corrected chi connectivity index (χ3v) is 3.20. The summed E-state index contributed by atoms with van der Waals surface area (Å²) in [6, 6.07) is 0. The van der Waals surface area contributed by atoms with Gasteiger partial charge in [0.15, 0.2) is 10.3 Å². The summed E-state index contributed by atoms with van der Waals surface area (Å²) in [5.74, 6) is 0. The number of nitrogens with zero attached hydrogens (tertiary/aromatic N) is 2. The van der Waals surface area contributed by atoms with Crippen molar-refractivity contribution in [2.75, 3.05) is 5.32 Å². The van der Waals surface area contributed by atoms with Crippen LogP contribution in [0.3, 0.4) is 0 Å². The van der Waals surface area contributed by atoms with Crippen LogP contribution in [0.1, 0.15) is 11.4 Å². The van der Waals surface area contributed by atoms with Crippen molar-refractivity contribution in [3.8, 4) is 0 Å². The molecule has 0 saturated carbocycles. The van der Waals surface area contributed by atoms with Gasteiger partial charge in [0.25, 0.3) is 0 Å². The second-order valence-electron chi connectivity index (χ2n) is 2.71. The topological polar surface area (TPSA) is 37.8 Å². The molecule has 68 valence electrons. The molecular weight excluding hydrogens is 202 g/mol. The van der Waals surface area contributed by atoms with E-state index in [-0.39, 0.29) is 0 Å². The Morgan fingerprint density at radius 2 is 1.46 bits per heavy atom. The minimum atomic E-state index is 0.909. The maximum atomic E-state index is 4.29. The quantitative estimate of drug-likeness (QED) is 0.830. The number of hydrogen-bond donors (Lipinski definition) is 1. The third-order valence-electron chi connectivity index (χ3n) is 1.45. The van der Waals surface area contributed by atoms with E-state index in [0.717, 1.165) is 21.7 Å². The van der Waals surface area contributed by atoms with Crippen molar-refractivity contribution in [2.24, 2.45) is 0 Å². The Morgan fingerprint density at radius 3 is 1.77 bits per heavy atom. The monoisotopic (exact) mass is 211 g/mol. The summed E-state index contributed by atoms with van der Waals surface area (Å²) >= 11 is 3.20. The van der Waals surface area contributed by atoms with E-state index in [1.54, 1.807) is 22.7 Å². The van der Waals surface area contributed by atoms with Crippen LogP contribution in [0.5, 0.6) is 0 Å². The Balaban J connectivity index is 2.14. The van der Waals surface area contributed by atoms with Crippen LogP contribution in [0.15, 0.2) is 10.8 Å². The first-order valence-electron chi connectivity index (χ1n) is 3.85. The third kappa shape index (κ3) is 2.05. The van der Waals surface area contributed by atoms with Crippen molar-refractivity contribution in [3.05, 3.63) is 22.1 Å². The van der Waals surface area contributed by atoms with E-state index in [1.807, 2.05) is 24.6 Å². The predicted octanol–water partition coefficient (Wildman–Crippen LogP) is 2.96. The second kappa shape index (κ2) is 3.43. The van der Waals surface area contributed by atoms with E-state index >= 15 is 0 Å². The standard InChI is InChI=1S/C8H9N3S2/c1-5-3-12-7(9-5)11-8-10-6(2)4-13-8/h3-4H,1-2H3,(H,9,10,11). The van der Waals surface area contributed by atoms with Gasteiger partial charge in [0, 0.05) is 10.8 Å². The fraction of sp³-hybridized carbons (Fsp3) is 0.250. The maximum Gasteiger partial charge on any atom is 0.189 e. The van der Waals surface area contributed by atoms with Gasteiger partial charge in [0.2, 0.25) is 0 Å². The lowest BCUT2D eigenvalue weighted by Crippen LogP contribution is -1.88. The van der Waals surface area contributed by atoms with Gasteiger partial charge in [-0.2, -0.15) is 0 Å². The predicted molar refractivity (Wildman–Crippen MR) is 57.0 cm³/mol. The highest BCUT2D eigenvalue weighted by Gasteiger charge is 2.01. The van der Waals surface area contributed by atoms with E-state index in [0.29, 0.717) is 0 Å². The lowest BCUT2D eigenvalue weighted by molar-refractivity contribution is 1.23. The zero-order chi connectivity index (χ0) is 9.26. The van der Waals surface area contributed by atoms with Crippen molar-refractivity contribution in [1.82, 2.24) is 9.97 Å². The normalized spacial score (nSPS) is 10.3.